The summed E-state index contributed by atoms with van der Waals surface area (Å²) in [7, 11) is 1.27. The van der Waals surface area contributed by atoms with Crippen molar-refractivity contribution < 1.29 is 14.3 Å². The maximum Gasteiger partial charge on any atom is 0.330 e. The topological polar surface area (TPSA) is 55.7 Å². The van der Waals surface area contributed by atoms with Gasteiger partial charge in [0.25, 0.3) is 0 Å². The SMILES string of the molecule is COC(=O)/C=C/c1cccc(Cl)c1N=C=O. The van der Waals surface area contributed by atoms with Gasteiger partial charge in [0.15, 0.2) is 0 Å². The van der Waals surface area contributed by atoms with Crippen molar-refractivity contribution in [2.24, 2.45) is 4.99 Å². The van der Waals surface area contributed by atoms with Gasteiger partial charge in [0.1, 0.15) is 5.69 Å². The lowest BCUT2D eigenvalue weighted by Gasteiger charge is -2.00. The zero-order chi connectivity index (χ0) is 12.0. The summed E-state index contributed by atoms with van der Waals surface area (Å²) in [4.78, 5) is 24.6. The highest BCUT2D eigenvalue weighted by atomic mass is 35.5. The van der Waals surface area contributed by atoms with Crippen molar-refractivity contribution in [3.05, 3.63) is 34.9 Å². The number of hydrogen-bond acceptors (Lipinski definition) is 4. The van der Waals surface area contributed by atoms with Gasteiger partial charge in [-0.05, 0) is 12.1 Å². The van der Waals surface area contributed by atoms with Gasteiger partial charge < -0.3 is 4.74 Å². The van der Waals surface area contributed by atoms with Crippen LogP contribution in [0.2, 0.25) is 5.02 Å². The Morgan fingerprint density at radius 1 is 1.56 bits per heavy atom. The number of rotatable bonds is 3. The minimum absolute atomic E-state index is 0.277. The minimum atomic E-state index is -0.499. The van der Waals surface area contributed by atoms with Gasteiger partial charge in [-0.1, -0.05) is 23.7 Å². The van der Waals surface area contributed by atoms with E-state index in [4.69, 9.17) is 11.6 Å². The number of isocyanates is 1. The van der Waals surface area contributed by atoms with Crippen molar-refractivity contribution in [1.29, 1.82) is 0 Å². The number of halogens is 1. The van der Waals surface area contributed by atoms with E-state index in [9.17, 15) is 9.59 Å². The number of nitrogens with zero attached hydrogens (tertiary/aromatic N) is 1. The minimum Gasteiger partial charge on any atom is -0.466 e. The van der Waals surface area contributed by atoms with Gasteiger partial charge in [0.05, 0.1) is 12.1 Å². The van der Waals surface area contributed by atoms with Crippen LogP contribution >= 0.6 is 11.6 Å². The zero-order valence-electron chi connectivity index (χ0n) is 8.44. The van der Waals surface area contributed by atoms with E-state index in [1.807, 2.05) is 0 Å². The van der Waals surface area contributed by atoms with Crippen LogP contribution in [0.5, 0.6) is 0 Å². The Balaban J connectivity index is 3.13. The highest BCUT2D eigenvalue weighted by Gasteiger charge is 2.03. The lowest BCUT2D eigenvalue weighted by molar-refractivity contribution is -0.134. The predicted molar refractivity (Wildman–Crippen MR) is 60.3 cm³/mol. The molecule has 82 valence electrons. The molecule has 0 bridgehead atoms. The molecule has 0 saturated carbocycles. The molecule has 0 atom stereocenters. The molecule has 0 aromatic heterocycles. The van der Waals surface area contributed by atoms with Gasteiger partial charge >= 0.3 is 5.97 Å². The monoisotopic (exact) mass is 237 g/mol. The first-order chi connectivity index (χ1) is 7.69. The highest BCUT2D eigenvalue weighted by molar-refractivity contribution is 6.33. The molecule has 0 aliphatic rings. The standard InChI is InChI=1S/C11H8ClNO3/c1-16-10(15)6-5-8-3-2-4-9(12)11(8)13-7-14/h2-6H,1H3/b6-5+. The molecule has 16 heavy (non-hydrogen) atoms. The third kappa shape index (κ3) is 3.05. The van der Waals surface area contributed by atoms with Gasteiger partial charge in [-0.25, -0.2) is 9.59 Å². The first-order valence-corrected chi connectivity index (χ1v) is 4.69. The van der Waals surface area contributed by atoms with Gasteiger partial charge in [0.2, 0.25) is 6.08 Å². The van der Waals surface area contributed by atoms with Crippen molar-refractivity contribution >= 4 is 35.4 Å². The lowest BCUT2D eigenvalue weighted by Crippen LogP contribution is -1.93. The number of hydrogen-bond donors (Lipinski definition) is 0. The predicted octanol–water partition coefficient (Wildman–Crippen LogP) is 2.49. The number of methoxy groups -OCH3 is 1. The van der Waals surface area contributed by atoms with Gasteiger partial charge in [-0.15, -0.1) is 0 Å². The maximum atomic E-state index is 10.9. The van der Waals surface area contributed by atoms with Crippen molar-refractivity contribution in [2.75, 3.05) is 7.11 Å². The van der Waals surface area contributed by atoms with Crippen LogP contribution in [0.25, 0.3) is 6.08 Å². The molecule has 0 radical (unpaired) electrons. The molecule has 0 saturated heterocycles. The quantitative estimate of drug-likeness (QED) is 0.351. The van der Waals surface area contributed by atoms with Crippen molar-refractivity contribution in [3.8, 4) is 0 Å². The van der Waals surface area contributed by atoms with Crippen LogP contribution in [0, 0.1) is 0 Å². The van der Waals surface area contributed by atoms with Gasteiger partial charge in [-0.2, -0.15) is 4.99 Å². The van der Waals surface area contributed by atoms with E-state index in [0.717, 1.165) is 0 Å². The third-order valence-corrected chi connectivity index (χ3v) is 2.08. The molecule has 0 unspecified atom stereocenters. The molecular weight excluding hydrogens is 230 g/mol. The number of aliphatic imine (C=N–C) groups is 1. The van der Waals surface area contributed by atoms with Gasteiger partial charge in [0, 0.05) is 11.6 Å². The summed E-state index contributed by atoms with van der Waals surface area (Å²) in [5, 5.41) is 0.315. The van der Waals surface area contributed by atoms with Crippen LogP contribution in [0.3, 0.4) is 0 Å². The zero-order valence-corrected chi connectivity index (χ0v) is 9.19. The van der Waals surface area contributed by atoms with E-state index in [1.54, 1.807) is 18.2 Å². The smallest absolute Gasteiger partial charge is 0.330 e. The molecule has 0 spiro atoms. The van der Waals surface area contributed by atoms with Crippen molar-refractivity contribution in [3.63, 3.8) is 0 Å². The normalized spacial score (nSPS) is 9.88. The molecule has 0 aliphatic heterocycles. The lowest BCUT2D eigenvalue weighted by atomic mass is 10.1. The van der Waals surface area contributed by atoms with E-state index < -0.39 is 5.97 Å². The molecule has 5 heteroatoms. The van der Waals surface area contributed by atoms with Crippen LogP contribution in [-0.2, 0) is 14.3 Å². The molecule has 1 aromatic carbocycles. The Kier molecular flexibility index (Phi) is 4.45. The summed E-state index contributed by atoms with van der Waals surface area (Å²) in [5.41, 5.74) is 0.820. The second-order valence-electron chi connectivity index (χ2n) is 2.74. The van der Waals surface area contributed by atoms with E-state index in [-0.39, 0.29) is 5.69 Å². The van der Waals surface area contributed by atoms with Crippen LogP contribution in [-0.4, -0.2) is 19.2 Å². The van der Waals surface area contributed by atoms with Crippen LogP contribution in [0.15, 0.2) is 29.3 Å². The molecule has 1 aromatic rings. The summed E-state index contributed by atoms with van der Waals surface area (Å²) in [6, 6.07) is 4.94. The van der Waals surface area contributed by atoms with E-state index >= 15 is 0 Å². The summed E-state index contributed by atoms with van der Waals surface area (Å²) in [6.45, 7) is 0. The Morgan fingerprint density at radius 3 is 2.94 bits per heavy atom. The molecule has 0 amide bonds. The number of para-hydroxylation sites is 1. The first-order valence-electron chi connectivity index (χ1n) is 4.31. The van der Waals surface area contributed by atoms with Crippen molar-refractivity contribution in [1.82, 2.24) is 0 Å². The number of esters is 1. The van der Waals surface area contributed by atoms with E-state index in [1.165, 1.54) is 25.3 Å². The van der Waals surface area contributed by atoms with Crippen molar-refractivity contribution in [2.45, 2.75) is 0 Å². The summed E-state index contributed by atoms with van der Waals surface area (Å²) in [6.07, 6.45) is 4.09. The average Bonchev–Trinajstić information content (AvgIpc) is 2.29. The molecule has 0 fully saturated rings. The number of ether oxygens (including phenoxy) is 1. The van der Waals surface area contributed by atoms with Crippen LogP contribution in [0.4, 0.5) is 5.69 Å². The second kappa shape index (κ2) is 5.85. The maximum absolute atomic E-state index is 10.9. The largest absolute Gasteiger partial charge is 0.466 e. The molecule has 0 aliphatic carbocycles. The summed E-state index contributed by atoms with van der Waals surface area (Å²) < 4.78 is 4.44. The highest BCUT2D eigenvalue weighted by Crippen LogP contribution is 2.29. The average molecular weight is 238 g/mol. The Labute approximate surface area is 97.2 Å². The Bertz CT molecular complexity index is 476. The molecular formula is C11H8ClNO3. The van der Waals surface area contributed by atoms with E-state index in [0.29, 0.717) is 10.6 Å². The summed E-state index contributed by atoms with van der Waals surface area (Å²) >= 11 is 5.83. The molecule has 4 nitrogen and oxygen atoms in total. The summed E-state index contributed by atoms with van der Waals surface area (Å²) in [5.74, 6) is -0.499. The third-order valence-electron chi connectivity index (χ3n) is 1.78. The Hall–Kier alpha value is -1.90. The molecule has 0 heterocycles. The van der Waals surface area contributed by atoms with Crippen LogP contribution in [0.1, 0.15) is 5.56 Å². The fourth-order valence-corrected chi connectivity index (χ4v) is 1.28. The Morgan fingerprint density at radius 2 is 2.31 bits per heavy atom. The number of benzene rings is 1. The first kappa shape index (κ1) is 12.2. The fourth-order valence-electron chi connectivity index (χ4n) is 1.06. The number of carbonyl (C=O) groups is 1. The van der Waals surface area contributed by atoms with E-state index in [2.05, 4.69) is 9.73 Å². The second-order valence-corrected chi connectivity index (χ2v) is 3.14. The fraction of sp³-hybridized carbons (Fsp3) is 0.0909. The van der Waals surface area contributed by atoms with Crippen LogP contribution < -0.4 is 0 Å². The molecule has 1 rings (SSSR count). The van der Waals surface area contributed by atoms with Gasteiger partial charge in [-0.3, -0.25) is 0 Å². The number of carbonyl (C=O) groups excluding carboxylic acids is 2. The molecule has 0 N–H and O–H groups in total.